The summed E-state index contributed by atoms with van der Waals surface area (Å²) < 4.78 is 0. The minimum absolute atomic E-state index is 0.899. The van der Waals surface area contributed by atoms with Crippen LogP contribution in [0.1, 0.15) is 39.0 Å². The normalized spacial score (nSPS) is 32.0. The van der Waals surface area contributed by atoms with E-state index in [1.165, 1.54) is 58.3 Å². The van der Waals surface area contributed by atoms with Crippen molar-refractivity contribution in [2.24, 2.45) is 5.92 Å². The average Bonchev–Trinajstić information content (AvgIpc) is 2.30. The largest absolute Gasteiger partial charge is 0.306 e. The summed E-state index contributed by atoms with van der Waals surface area (Å²) in [5.41, 5.74) is 0. The molecule has 0 radical (unpaired) electrons. The lowest BCUT2D eigenvalue weighted by atomic mass is 9.92. The van der Waals surface area contributed by atoms with Gasteiger partial charge in [0.25, 0.3) is 0 Å². The lowest BCUT2D eigenvalue weighted by Crippen LogP contribution is -2.47. The first-order chi connectivity index (χ1) is 7.29. The van der Waals surface area contributed by atoms with Gasteiger partial charge in [-0.2, -0.15) is 0 Å². The van der Waals surface area contributed by atoms with E-state index < -0.39 is 0 Å². The highest BCUT2D eigenvalue weighted by molar-refractivity contribution is 4.82. The third-order valence-electron chi connectivity index (χ3n) is 4.33. The second-order valence-electron chi connectivity index (χ2n) is 5.45. The predicted octanol–water partition coefficient (Wildman–Crippen LogP) is 2.20. The van der Waals surface area contributed by atoms with Crippen LogP contribution in [0.3, 0.4) is 0 Å². The third kappa shape index (κ3) is 2.94. The summed E-state index contributed by atoms with van der Waals surface area (Å²) in [6, 6.07) is 0.899. The Morgan fingerprint density at radius 3 is 2.47 bits per heavy atom. The molecule has 0 aliphatic carbocycles. The van der Waals surface area contributed by atoms with Crippen LogP contribution in [0.5, 0.6) is 0 Å². The van der Waals surface area contributed by atoms with Gasteiger partial charge in [0.15, 0.2) is 0 Å². The summed E-state index contributed by atoms with van der Waals surface area (Å²) >= 11 is 0. The monoisotopic (exact) mass is 210 g/mol. The van der Waals surface area contributed by atoms with Crippen molar-refractivity contribution in [3.8, 4) is 0 Å². The van der Waals surface area contributed by atoms with Gasteiger partial charge in [-0.15, -0.1) is 0 Å². The van der Waals surface area contributed by atoms with Crippen molar-refractivity contribution in [3.05, 3.63) is 0 Å². The number of likely N-dealkylation sites (tertiary alicyclic amines) is 2. The molecule has 1 atom stereocenters. The molecule has 0 bridgehead atoms. The van der Waals surface area contributed by atoms with Gasteiger partial charge < -0.3 is 9.80 Å². The Balaban J connectivity index is 1.82. The third-order valence-corrected chi connectivity index (χ3v) is 4.33. The molecule has 0 aromatic heterocycles. The molecule has 0 amide bonds. The van der Waals surface area contributed by atoms with Gasteiger partial charge in [0.05, 0.1) is 0 Å². The van der Waals surface area contributed by atoms with Gasteiger partial charge in [-0.25, -0.2) is 0 Å². The Morgan fingerprint density at radius 2 is 1.80 bits per heavy atom. The summed E-state index contributed by atoms with van der Waals surface area (Å²) in [6.45, 7) is 7.70. The quantitative estimate of drug-likeness (QED) is 0.689. The molecule has 2 saturated heterocycles. The Morgan fingerprint density at radius 1 is 1.07 bits per heavy atom. The van der Waals surface area contributed by atoms with E-state index in [2.05, 4.69) is 23.8 Å². The fourth-order valence-electron chi connectivity index (χ4n) is 3.12. The summed E-state index contributed by atoms with van der Waals surface area (Å²) in [5, 5.41) is 0. The Labute approximate surface area is 94.6 Å². The zero-order chi connectivity index (χ0) is 10.7. The molecule has 2 heterocycles. The summed E-state index contributed by atoms with van der Waals surface area (Å²) in [5.74, 6) is 0.985. The van der Waals surface area contributed by atoms with Gasteiger partial charge in [-0.1, -0.05) is 13.3 Å². The molecule has 0 aromatic rings. The Kier molecular flexibility index (Phi) is 4.04. The van der Waals surface area contributed by atoms with Crippen LogP contribution < -0.4 is 0 Å². The molecule has 88 valence electrons. The SMILES string of the molecule is CCC1CCCN(C2CCN(C)CC2)C1. The minimum Gasteiger partial charge on any atom is -0.306 e. The topological polar surface area (TPSA) is 6.48 Å². The van der Waals surface area contributed by atoms with Crippen LogP contribution in [0.4, 0.5) is 0 Å². The lowest BCUT2D eigenvalue weighted by molar-refractivity contribution is 0.0778. The van der Waals surface area contributed by atoms with Gasteiger partial charge in [0.1, 0.15) is 0 Å². The van der Waals surface area contributed by atoms with Crippen molar-refractivity contribution >= 4 is 0 Å². The standard InChI is InChI=1S/C13H26N2/c1-3-12-5-4-8-15(11-12)13-6-9-14(2)10-7-13/h12-13H,3-11H2,1-2H3. The van der Waals surface area contributed by atoms with Crippen molar-refractivity contribution in [1.82, 2.24) is 9.80 Å². The summed E-state index contributed by atoms with van der Waals surface area (Å²) in [4.78, 5) is 5.25. The van der Waals surface area contributed by atoms with Gasteiger partial charge >= 0.3 is 0 Å². The van der Waals surface area contributed by atoms with E-state index in [1.54, 1.807) is 0 Å². The number of rotatable bonds is 2. The molecular formula is C13H26N2. The molecular weight excluding hydrogens is 184 g/mol. The van der Waals surface area contributed by atoms with E-state index in [0.29, 0.717) is 0 Å². The average molecular weight is 210 g/mol. The van der Waals surface area contributed by atoms with Crippen molar-refractivity contribution in [2.45, 2.75) is 45.1 Å². The summed E-state index contributed by atoms with van der Waals surface area (Å²) in [6.07, 6.45) is 7.08. The first kappa shape index (κ1) is 11.4. The lowest BCUT2D eigenvalue weighted by Gasteiger charge is -2.41. The van der Waals surface area contributed by atoms with Crippen LogP contribution in [-0.4, -0.2) is 49.1 Å². The molecule has 0 N–H and O–H groups in total. The Bertz CT molecular complexity index is 185. The first-order valence-electron chi connectivity index (χ1n) is 6.72. The first-order valence-corrected chi connectivity index (χ1v) is 6.72. The van der Waals surface area contributed by atoms with Crippen molar-refractivity contribution in [3.63, 3.8) is 0 Å². The minimum atomic E-state index is 0.899. The molecule has 0 spiro atoms. The molecule has 2 fully saturated rings. The molecule has 2 aliphatic rings. The van der Waals surface area contributed by atoms with Gasteiger partial charge in [0.2, 0.25) is 0 Å². The second-order valence-corrected chi connectivity index (χ2v) is 5.45. The molecule has 2 aliphatic heterocycles. The van der Waals surface area contributed by atoms with Gasteiger partial charge in [-0.05, 0) is 58.3 Å². The van der Waals surface area contributed by atoms with E-state index >= 15 is 0 Å². The van der Waals surface area contributed by atoms with Crippen LogP contribution in [0.25, 0.3) is 0 Å². The number of piperidine rings is 2. The zero-order valence-corrected chi connectivity index (χ0v) is 10.4. The fraction of sp³-hybridized carbons (Fsp3) is 1.00. The van der Waals surface area contributed by atoms with Crippen LogP contribution in [-0.2, 0) is 0 Å². The molecule has 0 saturated carbocycles. The number of nitrogens with zero attached hydrogens (tertiary/aromatic N) is 2. The van der Waals surface area contributed by atoms with Crippen LogP contribution in [0.15, 0.2) is 0 Å². The van der Waals surface area contributed by atoms with Gasteiger partial charge in [0, 0.05) is 12.6 Å². The Hall–Kier alpha value is -0.0800. The zero-order valence-electron chi connectivity index (χ0n) is 10.4. The highest BCUT2D eigenvalue weighted by atomic mass is 15.2. The van der Waals surface area contributed by atoms with Crippen LogP contribution in [0, 0.1) is 5.92 Å². The van der Waals surface area contributed by atoms with E-state index in [9.17, 15) is 0 Å². The van der Waals surface area contributed by atoms with Crippen molar-refractivity contribution < 1.29 is 0 Å². The number of hydrogen-bond acceptors (Lipinski definition) is 2. The van der Waals surface area contributed by atoms with E-state index in [1.807, 2.05) is 0 Å². The van der Waals surface area contributed by atoms with E-state index in [0.717, 1.165) is 12.0 Å². The predicted molar refractivity (Wildman–Crippen MR) is 65.1 cm³/mol. The highest BCUT2D eigenvalue weighted by Crippen LogP contribution is 2.24. The maximum atomic E-state index is 2.78. The molecule has 2 nitrogen and oxygen atoms in total. The number of hydrogen-bond donors (Lipinski definition) is 0. The smallest absolute Gasteiger partial charge is 0.0120 e. The van der Waals surface area contributed by atoms with Crippen molar-refractivity contribution in [2.75, 3.05) is 33.2 Å². The molecule has 2 heteroatoms. The molecule has 1 unspecified atom stereocenters. The van der Waals surface area contributed by atoms with E-state index in [4.69, 9.17) is 0 Å². The highest BCUT2D eigenvalue weighted by Gasteiger charge is 2.27. The summed E-state index contributed by atoms with van der Waals surface area (Å²) in [7, 11) is 2.25. The van der Waals surface area contributed by atoms with Crippen molar-refractivity contribution in [1.29, 1.82) is 0 Å². The van der Waals surface area contributed by atoms with Crippen LogP contribution in [0.2, 0.25) is 0 Å². The molecule has 15 heavy (non-hydrogen) atoms. The molecule has 0 aromatic carbocycles. The molecule has 2 rings (SSSR count). The maximum absolute atomic E-state index is 2.78. The maximum Gasteiger partial charge on any atom is 0.0120 e. The second kappa shape index (κ2) is 5.31. The van der Waals surface area contributed by atoms with E-state index in [-0.39, 0.29) is 0 Å². The fourth-order valence-corrected chi connectivity index (χ4v) is 3.12. The van der Waals surface area contributed by atoms with Crippen LogP contribution >= 0.6 is 0 Å². The van der Waals surface area contributed by atoms with Gasteiger partial charge in [-0.3, -0.25) is 0 Å².